The summed E-state index contributed by atoms with van der Waals surface area (Å²) in [4.78, 5) is 24.4. The van der Waals surface area contributed by atoms with Crippen LogP contribution in [-0.2, 0) is 27.3 Å². The second-order valence-electron chi connectivity index (χ2n) is 7.06. The van der Waals surface area contributed by atoms with Crippen LogP contribution in [-0.4, -0.2) is 24.2 Å². The van der Waals surface area contributed by atoms with Crippen LogP contribution in [0.3, 0.4) is 0 Å². The lowest BCUT2D eigenvalue weighted by molar-refractivity contribution is -0.149. The van der Waals surface area contributed by atoms with Gasteiger partial charge in [-0.3, -0.25) is 4.79 Å². The van der Waals surface area contributed by atoms with Crippen molar-refractivity contribution in [2.75, 3.05) is 0 Å². The first-order valence-corrected chi connectivity index (χ1v) is 10.3. The van der Waals surface area contributed by atoms with Gasteiger partial charge < -0.3 is 14.8 Å². The molecule has 1 N–H and O–H groups in total. The summed E-state index contributed by atoms with van der Waals surface area (Å²) in [5.74, 6) is -0.226. The molecular weight excluding hydrogens is 366 g/mol. The number of carbonyl (C=O) groups excluding carboxylic acids is 2. The standard InChI is InChI=1S/C24H31NO4/c1-3-22(4-2)29-23(26)16-15-21(17-19-11-7-5-8-12-19)25-24(27)28-18-20-13-9-6-10-14-20/h5-14,21-22H,3-4,15-18H2,1-2H3,(H,25,27)/t21-/m0/s1. The minimum atomic E-state index is -0.483. The van der Waals surface area contributed by atoms with Crippen LogP contribution in [0.5, 0.6) is 0 Å². The predicted octanol–water partition coefficient (Wildman–Crippen LogP) is 5.04. The van der Waals surface area contributed by atoms with Gasteiger partial charge in [0.2, 0.25) is 0 Å². The molecule has 156 valence electrons. The number of nitrogens with one attached hydrogen (secondary N) is 1. The Bertz CT molecular complexity index is 729. The Balaban J connectivity index is 1.89. The van der Waals surface area contributed by atoms with E-state index in [0.29, 0.717) is 12.8 Å². The summed E-state index contributed by atoms with van der Waals surface area (Å²) >= 11 is 0. The lowest BCUT2D eigenvalue weighted by atomic mass is 10.0. The molecule has 29 heavy (non-hydrogen) atoms. The van der Waals surface area contributed by atoms with Crippen LogP contribution >= 0.6 is 0 Å². The number of amides is 1. The number of esters is 1. The Hall–Kier alpha value is -2.82. The number of rotatable bonds is 11. The molecule has 0 fully saturated rings. The van der Waals surface area contributed by atoms with Crippen LogP contribution in [0.15, 0.2) is 60.7 Å². The normalized spacial score (nSPS) is 11.7. The van der Waals surface area contributed by atoms with E-state index in [-0.39, 0.29) is 31.1 Å². The van der Waals surface area contributed by atoms with Crippen LogP contribution in [0.2, 0.25) is 0 Å². The van der Waals surface area contributed by atoms with Gasteiger partial charge in [-0.2, -0.15) is 0 Å². The maximum Gasteiger partial charge on any atom is 0.407 e. The number of hydrogen-bond acceptors (Lipinski definition) is 4. The fourth-order valence-electron chi connectivity index (χ4n) is 3.05. The Kier molecular flexibility index (Phi) is 9.76. The third-order valence-electron chi connectivity index (χ3n) is 4.77. The quantitative estimate of drug-likeness (QED) is 0.540. The molecule has 2 aromatic carbocycles. The van der Waals surface area contributed by atoms with Crippen LogP contribution in [0.4, 0.5) is 4.79 Å². The highest BCUT2D eigenvalue weighted by molar-refractivity contribution is 5.70. The number of ether oxygens (including phenoxy) is 2. The maximum atomic E-state index is 12.3. The van der Waals surface area contributed by atoms with Crippen molar-refractivity contribution in [2.45, 2.75) is 64.7 Å². The molecule has 1 amide bonds. The topological polar surface area (TPSA) is 64.6 Å². The van der Waals surface area contributed by atoms with E-state index in [4.69, 9.17) is 9.47 Å². The summed E-state index contributed by atoms with van der Waals surface area (Å²) in [5.41, 5.74) is 2.02. The first-order valence-electron chi connectivity index (χ1n) is 10.3. The van der Waals surface area contributed by atoms with Gasteiger partial charge in [0.05, 0.1) is 0 Å². The molecule has 0 aromatic heterocycles. The molecule has 5 nitrogen and oxygen atoms in total. The maximum absolute atomic E-state index is 12.3. The lowest BCUT2D eigenvalue weighted by Gasteiger charge is -2.20. The summed E-state index contributed by atoms with van der Waals surface area (Å²) in [6.07, 6.45) is 2.46. The Morgan fingerprint density at radius 1 is 0.897 bits per heavy atom. The van der Waals surface area contributed by atoms with Gasteiger partial charge in [0.25, 0.3) is 0 Å². The minimum Gasteiger partial charge on any atom is -0.462 e. The molecule has 0 heterocycles. The molecule has 1 atom stereocenters. The van der Waals surface area contributed by atoms with E-state index < -0.39 is 6.09 Å². The minimum absolute atomic E-state index is 0.0427. The highest BCUT2D eigenvalue weighted by Crippen LogP contribution is 2.11. The Morgan fingerprint density at radius 2 is 1.48 bits per heavy atom. The molecule has 0 saturated heterocycles. The number of alkyl carbamates (subject to hydrolysis) is 1. The Labute approximate surface area is 173 Å². The first kappa shape index (κ1) is 22.5. The number of carbonyl (C=O) groups is 2. The van der Waals surface area contributed by atoms with E-state index in [9.17, 15) is 9.59 Å². The van der Waals surface area contributed by atoms with E-state index in [1.165, 1.54) is 0 Å². The van der Waals surface area contributed by atoms with Crippen LogP contribution < -0.4 is 5.32 Å². The van der Waals surface area contributed by atoms with Gasteiger partial charge in [0, 0.05) is 12.5 Å². The number of hydrogen-bond donors (Lipinski definition) is 1. The van der Waals surface area contributed by atoms with Gasteiger partial charge in [0.15, 0.2) is 0 Å². The third-order valence-corrected chi connectivity index (χ3v) is 4.77. The van der Waals surface area contributed by atoms with Gasteiger partial charge in [-0.05, 0) is 36.8 Å². The summed E-state index contributed by atoms with van der Waals surface area (Å²) in [5, 5.41) is 2.90. The van der Waals surface area contributed by atoms with Gasteiger partial charge in [-0.1, -0.05) is 74.5 Å². The van der Waals surface area contributed by atoms with E-state index in [1.807, 2.05) is 74.5 Å². The van der Waals surface area contributed by atoms with Crippen LogP contribution in [0.25, 0.3) is 0 Å². The average molecular weight is 398 g/mol. The van der Waals surface area contributed by atoms with E-state index in [0.717, 1.165) is 24.0 Å². The fourth-order valence-corrected chi connectivity index (χ4v) is 3.05. The summed E-state index contributed by atoms with van der Waals surface area (Å²) in [6.45, 7) is 4.22. The van der Waals surface area contributed by atoms with Gasteiger partial charge in [-0.25, -0.2) is 4.79 Å². The van der Waals surface area contributed by atoms with Crippen molar-refractivity contribution < 1.29 is 19.1 Å². The van der Waals surface area contributed by atoms with Crippen LogP contribution in [0.1, 0.15) is 50.7 Å². The van der Waals surface area contributed by atoms with Crippen molar-refractivity contribution in [1.29, 1.82) is 0 Å². The second kappa shape index (κ2) is 12.6. The molecule has 0 spiro atoms. The van der Waals surface area contributed by atoms with E-state index in [2.05, 4.69) is 5.32 Å². The summed E-state index contributed by atoms with van der Waals surface area (Å²) in [6, 6.07) is 19.2. The van der Waals surface area contributed by atoms with Gasteiger partial charge >= 0.3 is 12.1 Å². The monoisotopic (exact) mass is 397 g/mol. The molecule has 0 bridgehead atoms. The Morgan fingerprint density at radius 3 is 2.07 bits per heavy atom. The molecule has 0 aliphatic carbocycles. The van der Waals surface area contributed by atoms with Crippen molar-refractivity contribution in [3.63, 3.8) is 0 Å². The van der Waals surface area contributed by atoms with Gasteiger partial charge in [-0.15, -0.1) is 0 Å². The van der Waals surface area contributed by atoms with Crippen molar-refractivity contribution in [2.24, 2.45) is 0 Å². The summed E-state index contributed by atoms with van der Waals surface area (Å²) in [7, 11) is 0. The van der Waals surface area contributed by atoms with Crippen LogP contribution in [0, 0.1) is 0 Å². The highest BCUT2D eigenvalue weighted by atomic mass is 16.5. The molecule has 0 aliphatic rings. The van der Waals surface area contributed by atoms with Crippen molar-refractivity contribution >= 4 is 12.1 Å². The lowest BCUT2D eigenvalue weighted by Crippen LogP contribution is -2.37. The van der Waals surface area contributed by atoms with Crippen molar-refractivity contribution in [3.8, 4) is 0 Å². The molecule has 2 rings (SSSR count). The first-order chi connectivity index (χ1) is 14.1. The highest BCUT2D eigenvalue weighted by Gasteiger charge is 2.18. The molecule has 0 radical (unpaired) electrons. The van der Waals surface area contributed by atoms with Crippen molar-refractivity contribution in [1.82, 2.24) is 5.32 Å². The zero-order valence-electron chi connectivity index (χ0n) is 17.3. The molecule has 2 aromatic rings. The van der Waals surface area contributed by atoms with E-state index in [1.54, 1.807) is 0 Å². The molecule has 0 aliphatic heterocycles. The molecule has 0 unspecified atom stereocenters. The predicted molar refractivity (Wildman–Crippen MR) is 113 cm³/mol. The smallest absolute Gasteiger partial charge is 0.407 e. The number of benzene rings is 2. The average Bonchev–Trinajstić information content (AvgIpc) is 2.76. The molecule has 0 saturated carbocycles. The fraction of sp³-hybridized carbons (Fsp3) is 0.417. The van der Waals surface area contributed by atoms with Gasteiger partial charge in [0.1, 0.15) is 12.7 Å². The SMILES string of the molecule is CCC(CC)OC(=O)CC[C@@H](Cc1ccccc1)NC(=O)OCc1ccccc1. The molecule has 5 heteroatoms. The van der Waals surface area contributed by atoms with Crippen molar-refractivity contribution in [3.05, 3.63) is 71.8 Å². The molecular formula is C24H31NO4. The zero-order valence-corrected chi connectivity index (χ0v) is 17.3. The third kappa shape index (κ3) is 8.81. The van der Waals surface area contributed by atoms with E-state index >= 15 is 0 Å². The zero-order chi connectivity index (χ0) is 20.9. The second-order valence-corrected chi connectivity index (χ2v) is 7.06. The summed E-state index contributed by atoms with van der Waals surface area (Å²) < 4.78 is 10.8. The largest absolute Gasteiger partial charge is 0.462 e.